The van der Waals surface area contributed by atoms with Crippen molar-refractivity contribution in [3.05, 3.63) is 70.3 Å². The summed E-state index contributed by atoms with van der Waals surface area (Å²) in [5.74, 6) is 0.450. The molecule has 0 aromatic heterocycles. The molecule has 2 aromatic rings. The minimum Gasteiger partial charge on any atom is -0.489 e. The van der Waals surface area contributed by atoms with E-state index < -0.39 is 4.92 Å². The fourth-order valence-corrected chi connectivity index (χ4v) is 2.19. The van der Waals surface area contributed by atoms with Crippen LogP contribution in [0.1, 0.15) is 12.0 Å². The van der Waals surface area contributed by atoms with E-state index in [1.54, 1.807) is 12.1 Å². The summed E-state index contributed by atoms with van der Waals surface area (Å²) in [6.07, 6.45) is 0.466. The number of oxime groups is 1. The predicted octanol–water partition coefficient (Wildman–Crippen LogP) is 3.17. The highest BCUT2D eigenvalue weighted by Gasteiger charge is 2.22. The fourth-order valence-electron chi connectivity index (χ4n) is 2.19. The second-order valence-electron chi connectivity index (χ2n) is 4.90. The molecular formula is C16H14N2O4. The van der Waals surface area contributed by atoms with Gasteiger partial charge >= 0.3 is 0 Å². The minimum absolute atomic E-state index is 0.00562. The van der Waals surface area contributed by atoms with E-state index in [1.165, 1.54) is 12.1 Å². The third kappa shape index (κ3) is 3.22. The SMILES string of the molecule is O=[N+]([O-])c1cccc(OCC2CC(c3ccccc3)=NO2)c1. The Labute approximate surface area is 127 Å². The molecule has 0 saturated heterocycles. The Balaban J connectivity index is 1.56. The molecule has 1 aliphatic rings. The maximum Gasteiger partial charge on any atom is 0.273 e. The van der Waals surface area contributed by atoms with Crippen LogP contribution in [0.3, 0.4) is 0 Å². The highest BCUT2D eigenvalue weighted by atomic mass is 16.7. The maximum atomic E-state index is 10.7. The molecule has 6 nitrogen and oxygen atoms in total. The summed E-state index contributed by atoms with van der Waals surface area (Å²) in [4.78, 5) is 15.6. The van der Waals surface area contributed by atoms with E-state index in [9.17, 15) is 10.1 Å². The lowest BCUT2D eigenvalue weighted by atomic mass is 10.1. The molecule has 0 fully saturated rings. The molecule has 1 atom stereocenters. The molecule has 1 aliphatic heterocycles. The van der Waals surface area contributed by atoms with Crippen molar-refractivity contribution in [2.24, 2.45) is 5.16 Å². The van der Waals surface area contributed by atoms with Crippen LogP contribution in [0.4, 0.5) is 5.69 Å². The second-order valence-corrected chi connectivity index (χ2v) is 4.90. The third-order valence-electron chi connectivity index (χ3n) is 3.30. The quantitative estimate of drug-likeness (QED) is 0.627. The van der Waals surface area contributed by atoms with Gasteiger partial charge in [0.05, 0.1) is 16.7 Å². The Hall–Kier alpha value is -2.89. The van der Waals surface area contributed by atoms with Gasteiger partial charge in [-0.15, -0.1) is 0 Å². The zero-order valence-corrected chi connectivity index (χ0v) is 11.7. The summed E-state index contributed by atoms with van der Waals surface area (Å²) < 4.78 is 5.56. The fraction of sp³-hybridized carbons (Fsp3) is 0.188. The number of non-ortho nitro benzene ring substituents is 1. The van der Waals surface area contributed by atoms with Crippen molar-refractivity contribution in [3.8, 4) is 5.75 Å². The van der Waals surface area contributed by atoms with E-state index in [2.05, 4.69) is 5.16 Å². The molecule has 0 bridgehead atoms. The summed E-state index contributed by atoms with van der Waals surface area (Å²) in [5, 5.41) is 14.8. The zero-order chi connectivity index (χ0) is 15.4. The smallest absolute Gasteiger partial charge is 0.273 e. The largest absolute Gasteiger partial charge is 0.489 e. The number of rotatable bonds is 5. The first-order chi connectivity index (χ1) is 10.7. The van der Waals surface area contributed by atoms with Gasteiger partial charge in [0.1, 0.15) is 12.4 Å². The lowest BCUT2D eigenvalue weighted by molar-refractivity contribution is -0.384. The van der Waals surface area contributed by atoms with Gasteiger partial charge < -0.3 is 9.57 Å². The molecule has 1 heterocycles. The Morgan fingerprint density at radius 3 is 2.82 bits per heavy atom. The summed E-state index contributed by atoms with van der Waals surface area (Å²) in [5.41, 5.74) is 1.92. The third-order valence-corrected chi connectivity index (χ3v) is 3.30. The number of nitrogens with zero attached hydrogens (tertiary/aromatic N) is 2. The highest BCUT2D eigenvalue weighted by molar-refractivity contribution is 6.01. The van der Waals surface area contributed by atoms with Crippen LogP contribution in [0.25, 0.3) is 0 Å². The van der Waals surface area contributed by atoms with Gasteiger partial charge in [0, 0.05) is 12.5 Å². The van der Waals surface area contributed by atoms with Gasteiger partial charge in [0.25, 0.3) is 5.69 Å². The number of nitro benzene ring substituents is 1. The second kappa shape index (κ2) is 6.26. The van der Waals surface area contributed by atoms with E-state index in [4.69, 9.17) is 9.57 Å². The van der Waals surface area contributed by atoms with Crippen molar-refractivity contribution in [2.75, 3.05) is 6.61 Å². The van der Waals surface area contributed by atoms with Crippen molar-refractivity contribution in [3.63, 3.8) is 0 Å². The number of hydrogen-bond acceptors (Lipinski definition) is 5. The van der Waals surface area contributed by atoms with Gasteiger partial charge in [0.2, 0.25) is 0 Å². The molecule has 0 spiro atoms. The van der Waals surface area contributed by atoms with Crippen LogP contribution in [0.15, 0.2) is 59.8 Å². The van der Waals surface area contributed by atoms with Gasteiger partial charge in [0.15, 0.2) is 6.10 Å². The molecule has 6 heteroatoms. The van der Waals surface area contributed by atoms with Crippen molar-refractivity contribution < 1.29 is 14.5 Å². The molecule has 1 unspecified atom stereocenters. The summed E-state index contributed by atoms with van der Waals surface area (Å²) in [7, 11) is 0. The molecule has 0 saturated carbocycles. The molecular weight excluding hydrogens is 284 g/mol. The minimum atomic E-state index is -0.449. The number of ether oxygens (including phenoxy) is 1. The lowest BCUT2D eigenvalue weighted by Crippen LogP contribution is -2.18. The monoisotopic (exact) mass is 298 g/mol. The summed E-state index contributed by atoms with van der Waals surface area (Å²) >= 11 is 0. The van der Waals surface area contributed by atoms with Gasteiger partial charge in [-0.2, -0.15) is 0 Å². The van der Waals surface area contributed by atoms with E-state index in [1.807, 2.05) is 30.3 Å². The van der Waals surface area contributed by atoms with Gasteiger partial charge in [-0.3, -0.25) is 10.1 Å². The van der Waals surface area contributed by atoms with Crippen LogP contribution in [0.5, 0.6) is 5.75 Å². The molecule has 0 N–H and O–H groups in total. The van der Waals surface area contributed by atoms with Crippen LogP contribution in [-0.4, -0.2) is 23.3 Å². The number of nitro groups is 1. The van der Waals surface area contributed by atoms with Crippen LogP contribution in [0, 0.1) is 10.1 Å². The van der Waals surface area contributed by atoms with Crippen LogP contribution in [0.2, 0.25) is 0 Å². The molecule has 0 aliphatic carbocycles. The van der Waals surface area contributed by atoms with Gasteiger partial charge in [-0.05, 0) is 11.6 Å². The maximum absolute atomic E-state index is 10.7. The van der Waals surface area contributed by atoms with Crippen LogP contribution < -0.4 is 4.74 Å². The standard InChI is InChI=1S/C16H14N2O4/c19-18(20)13-7-4-8-14(9-13)21-11-15-10-16(17-22-15)12-5-2-1-3-6-12/h1-9,15H,10-11H2. The van der Waals surface area contributed by atoms with E-state index in [0.29, 0.717) is 18.8 Å². The van der Waals surface area contributed by atoms with E-state index in [0.717, 1.165) is 11.3 Å². The van der Waals surface area contributed by atoms with Crippen molar-refractivity contribution in [1.82, 2.24) is 0 Å². The average molecular weight is 298 g/mol. The van der Waals surface area contributed by atoms with Crippen LogP contribution in [-0.2, 0) is 4.84 Å². The summed E-state index contributed by atoms with van der Waals surface area (Å²) in [6.45, 7) is 0.293. The van der Waals surface area contributed by atoms with Crippen molar-refractivity contribution >= 4 is 11.4 Å². The number of benzene rings is 2. The van der Waals surface area contributed by atoms with Gasteiger partial charge in [-0.1, -0.05) is 41.6 Å². The highest BCUT2D eigenvalue weighted by Crippen LogP contribution is 2.21. The topological polar surface area (TPSA) is 74.0 Å². The molecule has 3 rings (SSSR count). The Kier molecular flexibility index (Phi) is 4.00. The first-order valence-corrected chi connectivity index (χ1v) is 6.88. The molecule has 0 amide bonds. The molecule has 2 aromatic carbocycles. The van der Waals surface area contributed by atoms with Crippen molar-refractivity contribution in [2.45, 2.75) is 12.5 Å². The van der Waals surface area contributed by atoms with E-state index in [-0.39, 0.29) is 11.8 Å². The molecule has 22 heavy (non-hydrogen) atoms. The molecule has 112 valence electrons. The van der Waals surface area contributed by atoms with E-state index >= 15 is 0 Å². The van der Waals surface area contributed by atoms with Crippen LogP contribution >= 0.6 is 0 Å². The average Bonchev–Trinajstić information content (AvgIpc) is 3.03. The zero-order valence-electron chi connectivity index (χ0n) is 11.7. The molecule has 0 radical (unpaired) electrons. The Bertz CT molecular complexity index is 700. The normalized spacial score (nSPS) is 16.7. The Morgan fingerprint density at radius 1 is 1.23 bits per heavy atom. The first-order valence-electron chi connectivity index (χ1n) is 6.88. The summed E-state index contributed by atoms with van der Waals surface area (Å²) in [6, 6.07) is 15.9. The Morgan fingerprint density at radius 2 is 2.05 bits per heavy atom. The van der Waals surface area contributed by atoms with Gasteiger partial charge in [-0.25, -0.2) is 0 Å². The predicted molar refractivity (Wildman–Crippen MR) is 81.1 cm³/mol. The first kappa shape index (κ1) is 14.1. The van der Waals surface area contributed by atoms with Crippen molar-refractivity contribution in [1.29, 1.82) is 0 Å². The lowest BCUT2D eigenvalue weighted by Gasteiger charge is -2.10. The number of hydrogen-bond donors (Lipinski definition) is 0.